The number of amides is 2. The number of halogens is 1. The smallest absolute Gasteiger partial charge is 0.262 e. The number of ether oxygens (including phenoxy) is 2. The molecule has 7 nitrogen and oxygen atoms in total. The van der Waals surface area contributed by atoms with Crippen molar-refractivity contribution in [3.8, 4) is 23.8 Å². The minimum absolute atomic E-state index is 0.0383. The highest BCUT2D eigenvalue weighted by atomic mass is 79.9. The van der Waals surface area contributed by atoms with E-state index in [-0.39, 0.29) is 18.4 Å². The van der Waals surface area contributed by atoms with Crippen molar-refractivity contribution < 1.29 is 19.1 Å². The lowest BCUT2D eigenvalue weighted by Gasteiger charge is -2.24. The van der Waals surface area contributed by atoms with Gasteiger partial charge < -0.3 is 14.8 Å². The first kappa shape index (κ1) is 28.5. The molecular weight excluding hydrogens is 546 g/mol. The molecule has 3 aromatic rings. The first-order valence-corrected chi connectivity index (χ1v) is 12.8. The van der Waals surface area contributed by atoms with Gasteiger partial charge in [-0.15, -0.1) is 6.42 Å². The van der Waals surface area contributed by atoms with Crippen LogP contribution in [0.25, 0.3) is 0 Å². The van der Waals surface area contributed by atoms with Gasteiger partial charge in [-0.3, -0.25) is 9.59 Å². The molecule has 0 spiro atoms. The number of hydrogen-bond acceptors (Lipinski definition) is 5. The van der Waals surface area contributed by atoms with Crippen molar-refractivity contribution in [2.24, 2.45) is 11.0 Å². The SMILES string of the molecule is C#CCOc1c(/C=N\NC(=O)[C@@H](NC(=O)C(c2ccccc2)c2ccccc2)C(C)C)cc(Br)cc1OC. The molecule has 38 heavy (non-hydrogen) atoms. The van der Waals surface area contributed by atoms with Gasteiger partial charge in [0.1, 0.15) is 12.6 Å². The zero-order chi connectivity index (χ0) is 27.5. The average molecular weight is 576 g/mol. The molecule has 3 rings (SSSR count). The summed E-state index contributed by atoms with van der Waals surface area (Å²) >= 11 is 3.43. The molecule has 3 aromatic carbocycles. The van der Waals surface area contributed by atoms with Crippen LogP contribution in [0.15, 0.2) is 82.4 Å². The monoisotopic (exact) mass is 575 g/mol. The van der Waals surface area contributed by atoms with Crippen LogP contribution in [0.5, 0.6) is 11.5 Å². The number of rotatable bonds is 11. The zero-order valence-corrected chi connectivity index (χ0v) is 23.1. The van der Waals surface area contributed by atoms with Gasteiger partial charge in [0.2, 0.25) is 5.91 Å². The van der Waals surface area contributed by atoms with Crippen LogP contribution in [0.4, 0.5) is 0 Å². The molecule has 1 atom stereocenters. The van der Waals surface area contributed by atoms with Crippen LogP contribution in [0, 0.1) is 18.3 Å². The summed E-state index contributed by atoms with van der Waals surface area (Å²) in [6.07, 6.45) is 6.77. The number of methoxy groups -OCH3 is 1. The van der Waals surface area contributed by atoms with Gasteiger partial charge in [-0.1, -0.05) is 96.4 Å². The Hall–Kier alpha value is -4.09. The van der Waals surface area contributed by atoms with Crippen molar-refractivity contribution in [3.63, 3.8) is 0 Å². The Morgan fingerprint density at radius 1 is 1.03 bits per heavy atom. The third kappa shape index (κ3) is 7.46. The molecule has 0 fully saturated rings. The van der Waals surface area contributed by atoms with Gasteiger partial charge >= 0.3 is 0 Å². The lowest BCUT2D eigenvalue weighted by molar-refractivity contribution is -0.130. The second-order valence-corrected chi connectivity index (χ2v) is 9.65. The van der Waals surface area contributed by atoms with E-state index in [0.717, 1.165) is 15.6 Å². The summed E-state index contributed by atoms with van der Waals surface area (Å²) in [5.74, 6) is 1.79. The third-order valence-corrected chi connectivity index (χ3v) is 6.18. The fourth-order valence-electron chi connectivity index (χ4n) is 3.90. The van der Waals surface area contributed by atoms with Gasteiger partial charge in [-0.25, -0.2) is 5.43 Å². The Kier molecular flexibility index (Phi) is 10.5. The van der Waals surface area contributed by atoms with Crippen molar-refractivity contribution in [2.75, 3.05) is 13.7 Å². The van der Waals surface area contributed by atoms with E-state index < -0.39 is 17.9 Å². The molecule has 2 amide bonds. The van der Waals surface area contributed by atoms with Crippen LogP contribution in [-0.4, -0.2) is 37.8 Å². The van der Waals surface area contributed by atoms with E-state index in [1.165, 1.54) is 13.3 Å². The second kappa shape index (κ2) is 14.0. The lowest BCUT2D eigenvalue weighted by atomic mass is 9.89. The molecule has 0 heterocycles. The molecule has 0 aromatic heterocycles. The van der Waals surface area contributed by atoms with Crippen LogP contribution < -0.4 is 20.2 Å². The van der Waals surface area contributed by atoms with Crippen LogP contribution in [0.3, 0.4) is 0 Å². The van der Waals surface area contributed by atoms with Crippen LogP contribution in [-0.2, 0) is 9.59 Å². The van der Waals surface area contributed by atoms with Crippen molar-refractivity contribution >= 4 is 34.0 Å². The summed E-state index contributed by atoms with van der Waals surface area (Å²) < 4.78 is 11.7. The standard InChI is InChI=1S/C30H30BrN3O4/c1-5-16-38-28-23(17-24(31)18-25(28)37-4)19-32-34-30(36)27(20(2)3)33-29(35)26(21-12-8-6-9-13-21)22-14-10-7-11-15-22/h1,6-15,17-20,26-27H,16H2,2-4H3,(H,33,35)(H,34,36)/b32-19-/t27-/m0/s1. The molecule has 196 valence electrons. The van der Waals surface area contributed by atoms with Crippen molar-refractivity contribution in [3.05, 3.63) is 94.0 Å². The zero-order valence-electron chi connectivity index (χ0n) is 21.5. The van der Waals surface area contributed by atoms with Crippen LogP contribution in [0.2, 0.25) is 0 Å². The Morgan fingerprint density at radius 2 is 1.63 bits per heavy atom. The van der Waals surface area contributed by atoms with E-state index >= 15 is 0 Å². The summed E-state index contributed by atoms with van der Waals surface area (Å²) in [7, 11) is 1.52. The molecule has 2 N–H and O–H groups in total. The van der Waals surface area contributed by atoms with E-state index in [1.807, 2.05) is 74.5 Å². The highest BCUT2D eigenvalue weighted by molar-refractivity contribution is 9.10. The van der Waals surface area contributed by atoms with Crippen LogP contribution in [0.1, 0.15) is 36.5 Å². The minimum Gasteiger partial charge on any atom is -0.493 e. The molecule has 0 bridgehead atoms. The highest BCUT2D eigenvalue weighted by Crippen LogP contribution is 2.34. The largest absolute Gasteiger partial charge is 0.493 e. The summed E-state index contributed by atoms with van der Waals surface area (Å²) in [5.41, 5.74) is 4.75. The topological polar surface area (TPSA) is 89.0 Å². The lowest BCUT2D eigenvalue weighted by Crippen LogP contribution is -2.50. The van der Waals surface area contributed by atoms with E-state index in [1.54, 1.807) is 12.1 Å². The van der Waals surface area contributed by atoms with Gasteiger partial charge in [0.25, 0.3) is 5.91 Å². The first-order valence-electron chi connectivity index (χ1n) is 12.0. The Bertz CT molecular complexity index is 1260. The highest BCUT2D eigenvalue weighted by Gasteiger charge is 2.29. The predicted octanol–water partition coefficient (Wildman–Crippen LogP) is 4.89. The van der Waals surface area contributed by atoms with E-state index in [2.05, 4.69) is 37.7 Å². The molecule has 0 aliphatic heterocycles. The fraction of sp³-hybridized carbons (Fsp3) is 0.233. The molecule has 0 saturated carbocycles. The van der Waals surface area contributed by atoms with Gasteiger partial charge in [0, 0.05) is 10.0 Å². The third-order valence-electron chi connectivity index (χ3n) is 5.72. The summed E-state index contributed by atoms with van der Waals surface area (Å²) in [6, 6.07) is 21.6. The molecular formula is C30H30BrN3O4. The maximum absolute atomic E-state index is 13.5. The number of hydrogen-bond donors (Lipinski definition) is 2. The number of hydrazone groups is 1. The summed E-state index contributed by atoms with van der Waals surface area (Å²) in [4.78, 5) is 26.7. The van der Waals surface area contributed by atoms with Crippen LogP contribution >= 0.6 is 15.9 Å². The number of benzene rings is 3. The van der Waals surface area contributed by atoms with E-state index in [0.29, 0.717) is 17.1 Å². The predicted molar refractivity (Wildman–Crippen MR) is 152 cm³/mol. The molecule has 8 heteroatoms. The molecule has 0 aliphatic rings. The first-order chi connectivity index (χ1) is 18.3. The fourth-order valence-corrected chi connectivity index (χ4v) is 4.35. The average Bonchev–Trinajstić information content (AvgIpc) is 2.92. The number of carbonyl (C=O) groups excluding carboxylic acids is 2. The maximum atomic E-state index is 13.5. The van der Waals surface area contributed by atoms with Crippen molar-refractivity contribution in [1.29, 1.82) is 0 Å². The number of nitrogens with one attached hydrogen (secondary N) is 2. The van der Waals surface area contributed by atoms with Gasteiger partial charge in [-0.05, 0) is 29.2 Å². The quantitative estimate of drug-likeness (QED) is 0.193. The molecule has 0 saturated heterocycles. The van der Waals surface area contributed by atoms with E-state index in [4.69, 9.17) is 15.9 Å². The Labute approximate surface area is 231 Å². The minimum atomic E-state index is -0.816. The molecule has 0 radical (unpaired) electrons. The number of terminal acetylenes is 1. The molecule has 0 aliphatic carbocycles. The summed E-state index contributed by atoms with van der Waals surface area (Å²) in [6.45, 7) is 3.76. The molecule has 0 unspecified atom stereocenters. The normalized spacial score (nSPS) is 11.7. The number of nitrogens with zero attached hydrogens (tertiary/aromatic N) is 1. The second-order valence-electron chi connectivity index (χ2n) is 8.74. The summed E-state index contributed by atoms with van der Waals surface area (Å²) in [5, 5.41) is 7.04. The van der Waals surface area contributed by atoms with Crippen molar-refractivity contribution in [1.82, 2.24) is 10.7 Å². The van der Waals surface area contributed by atoms with Gasteiger partial charge in [-0.2, -0.15) is 5.10 Å². The Morgan fingerprint density at radius 3 is 2.16 bits per heavy atom. The van der Waals surface area contributed by atoms with E-state index in [9.17, 15) is 9.59 Å². The Balaban J connectivity index is 1.80. The number of carbonyl (C=O) groups is 2. The van der Waals surface area contributed by atoms with Gasteiger partial charge in [0.15, 0.2) is 11.5 Å². The van der Waals surface area contributed by atoms with Crippen molar-refractivity contribution in [2.45, 2.75) is 25.8 Å². The maximum Gasteiger partial charge on any atom is 0.262 e. The van der Waals surface area contributed by atoms with Gasteiger partial charge in [0.05, 0.1) is 19.2 Å².